The van der Waals surface area contributed by atoms with E-state index in [-0.39, 0.29) is 5.11 Å². The molecule has 0 saturated heterocycles. The number of amides is 1. The van der Waals surface area contributed by atoms with Crippen LogP contribution in [0, 0.1) is 0 Å². The topological polar surface area (TPSA) is 80.3 Å². The third-order valence-corrected chi connectivity index (χ3v) is 6.50. The summed E-state index contributed by atoms with van der Waals surface area (Å²) in [7, 11) is 0. The highest BCUT2D eigenvalue weighted by atomic mass is 35.5. The van der Waals surface area contributed by atoms with Crippen LogP contribution in [0.2, 0.25) is 10.0 Å². The number of halogens is 2. The zero-order valence-corrected chi connectivity index (χ0v) is 23.3. The number of rotatable bonds is 6. The van der Waals surface area contributed by atoms with E-state index in [2.05, 4.69) is 35.5 Å². The maximum atomic E-state index is 12.4. The lowest BCUT2D eigenvalue weighted by Crippen LogP contribution is -2.32. The summed E-state index contributed by atoms with van der Waals surface area (Å²) in [6.07, 6.45) is 2.88. The van der Waals surface area contributed by atoms with Gasteiger partial charge in [0.15, 0.2) is 10.7 Å². The molecule has 0 unspecified atom stereocenters. The molecule has 0 aliphatic rings. The van der Waals surface area contributed by atoms with E-state index in [4.69, 9.17) is 44.3 Å². The number of furan rings is 1. The van der Waals surface area contributed by atoms with Gasteiger partial charge in [-0.15, -0.1) is 0 Å². The van der Waals surface area contributed by atoms with Gasteiger partial charge in [-0.3, -0.25) is 10.1 Å². The zero-order chi connectivity index (χ0) is 27.5. The number of benzene rings is 3. The molecule has 0 spiro atoms. The predicted octanol–water partition coefficient (Wildman–Crippen LogP) is 8.71. The first-order valence-corrected chi connectivity index (χ1v) is 13.3. The fourth-order valence-electron chi connectivity index (χ4n) is 3.92. The Hall–Kier alpha value is -3.91. The van der Waals surface area contributed by atoms with Crippen molar-refractivity contribution in [3.63, 3.8) is 0 Å². The molecular weight excluding hydrogens is 553 g/mol. The number of hydrogen-bond donors (Lipinski definition) is 2. The first-order valence-electron chi connectivity index (χ1n) is 12.1. The summed E-state index contributed by atoms with van der Waals surface area (Å²) in [5, 5.41) is 6.81. The molecule has 0 aliphatic heterocycles. The molecule has 3 aromatic carbocycles. The Morgan fingerprint density at radius 3 is 2.51 bits per heavy atom. The summed E-state index contributed by atoms with van der Waals surface area (Å²) < 4.78 is 11.7. The molecule has 39 heavy (non-hydrogen) atoms. The van der Waals surface area contributed by atoms with Crippen molar-refractivity contribution in [2.75, 3.05) is 5.32 Å². The highest BCUT2D eigenvalue weighted by molar-refractivity contribution is 7.80. The summed E-state index contributed by atoms with van der Waals surface area (Å²) in [5.74, 6) is 1.56. The van der Waals surface area contributed by atoms with Crippen LogP contribution in [0.4, 0.5) is 5.69 Å². The van der Waals surface area contributed by atoms with E-state index >= 15 is 0 Å². The second kappa shape index (κ2) is 11.5. The molecule has 6 nitrogen and oxygen atoms in total. The second-order valence-corrected chi connectivity index (χ2v) is 10.4. The minimum atomic E-state index is -0.410. The van der Waals surface area contributed by atoms with Gasteiger partial charge in [-0.25, -0.2) is 4.98 Å². The monoisotopic (exact) mass is 575 g/mol. The Morgan fingerprint density at radius 2 is 1.74 bits per heavy atom. The molecule has 5 aromatic rings. The van der Waals surface area contributed by atoms with Gasteiger partial charge in [0.05, 0.1) is 0 Å². The number of carbonyl (C=O) groups is 1. The minimum Gasteiger partial charge on any atom is -0.457 e. The molecule has 1 amide bonds. The van der Waals surface area contributed by atoms with Gasteiger partial charge < -0.3 is 14.2 Å². The normalized spacial score (nSPS) is 11.4. The minimum absolute atomic E-state index is 0.148. The zero-order valence-electron chi connectivity index (χ0n) is 21.0. The van der Waals surface area contributed by atoms with E-state index < -0.39 is 5.91 Å². The number of carbonyl (C=O) groups excluding carboxylic acids is 1. The van der Waals surface area contributed by atoms with Crippen LogP contribution in [0.25, 0.3) is 40.0 Å². The van der Waals surface area contributed by atoms with E-state index in [0.29, 0.717) is 39.1 Å². The van der Waals surface area contributed by atoms with Gasteiger partial charge in [-0.1, -0.05) is 49.2 Å². The van der Waals surface area contributed by atoms with Crippen molar-refractivity contribution in [3.05, 3.63) is 100 Å². The van der Waals surface area contributed by atoms with Crippen LogP contribution in [0.5, 0.6) is 0 Å². The molecule has 2 heterocycles. The van der Waals surface area contributed by atoms with Crippen molar-refractivity contribution < 1.29 is 13.6 Å². The highest BCUT2D eigenvalue weighted by Gasteiger charge is 2.12. The van der Waals surface area contributed by atoms with Crippen molar-refractivity contribution in [1.82, 2.24) is 10.3 Å². The third kappa shape index (κ3) is 6.57. The SMILES string of the molecule is CC(C)c1ccc2oc(-c3cccc(NC(=S)NC(=O)/C=C/c4ccc(-c5cc(Cl)cc(Cl)c5)o4)c3)nc2c1. The fraction of sp³-hybridized carbons (Fsp3) is 0.100. The van der Waals surface area contributed by atoms with E-state index in [1.165, 1.54) is 11.6 Å². The summed E-state index contributed by atoms with van der Waals surface area (Å²) in [4.78, 5) is 17.1. The molecule has 5 rings (SSSR count). The number of oxazole rings is 1. The lowest BCUT2D eigenvalue weighted by Gasteiger charge is -2.08. The molecule has 0 fully saturated rings. The number of anilines is 1. The smallest absolute Gasteiger partial charge is 0.250 e. The molecular formula is C30H23Cl2N3O3S. The van der Waals surface area contributed by atoms with E-state index in [0.717, 1.165) is 22.2 Å². The van der Waals surface area contributed by atoms with Gasteiger partial charge in [0.1, 0.15) is 17.0 Å². The van der Waals surface area contributed by atoms with Gasteiger partial charge in [0, 0.05) is 32.9 Å². The van der Waals surface area contributed by atoms with Crippen LogP contribution in [0.15, 0.2) is 87.7 Å². The van der Waals surface area contributed by atoms with Crippen LogP contribution < -0.4 is 10.6 Å². The van der Waals surface area contributed by atoms with Crippen molar-refractivity contribution in [3.8, 4) is 22.8 Å². The molecule has 0 radical (unpaired) electrons. The van der Waals surface area contributed by atoms with Gasteiger partial charge in [-0.05, 0) is 90.4 Å². The standard InChI is InChI=1S/C30H23Cl2N3O3S/c1-17(2)18-6-9-27-25(15-18)34-29(38-27)19-4-3-5-23(14-19)33-30(39)35-28(36)11-8-24-7-10-26(37-24)20-12-21(31)16-22(32)13-20/h3-17H,1-2H3,(H2,33,35,36,39)/b11-8+. The maximum absolute atomic E-state index is 12.4. The van der Waals surface area contributed by atoms with Gasteiger partial charge in [0.25, 0.3) is 0 Å². The number of fused-ring (bicyclic) bond motifs is 1. The molecule has 2 N–H and O–H groups in total. The number of hydrogen-bond acceptors (Lipinski definition) is 5. The maximum Gasteiger partial charge on any atom is 0.250 e. The van der Waals surface area contributed by atoms with Crippen molar-refractivity contribution in [2.45, 2.75) is 19.8 Å². The fourth-order valence-corrected chi connectivity index (χ4v) is 4.67. The summed E-state index contributed by atoms with van der Waals surface area (Å²) in [6.45, 7) is 4.28. The Morgan fingerprint density at radius 1 is 0.949 bits per heavy atom. The van der Waals surface area contributed by atoms with Crippen LogP contribution in [-0.4, -0.2) is 16.0 Å². The molecule has 0 atom stereocenters. The van der Waals surface area contributed by atoms with Crippen LogP contribution in [-0.2, 0) is 4.79 Å². The first-order chi connectivity index (χ1) is 18.7. The highest BCUT2D eigenvalue weighted by Crippen LogP contribution is 2.30. The average molecular weight is 577 g/mol. The van der Waals surface area contributed by atoms with E-state index in [9.17, 15) is 4.79 Å². The molecule has 0 aliphatic carbocycles. The third-order valence-electron chi connectivity index (χ3n) is 5.86. The van der Waals surface area contributed by atoms with Crippen molar-refractivity contribution in [2.24, 2.45) is 0 Å². The first kappa shape index (κ1) is 26.7. The molecule has 0 saturated carbocycles. The van der Waals surface area contributed by atoms with Gasteiger partial charge in [-0.2, -0.15) is 0 Å². The Kier molecular flexibility index (Phi) is 7.84. The van der Waals surface area contributed by atoms with Crippen LogP contribution in [0.3, 0.4) is 0 Å². The molecule has 2 aromatic heterocycles. The predicted molar refractivity (Wildman–Crippen MR) is 161 cm³/mol. The Labute approximate surface area is 240 Å². The lowest BCUT2D eigenvalue weighted by molar-refractivity contribution is -0.115. The van der Waals surface area contributed by atoms with E-state index in [1.807, 2.05) is 36.4 Å². The largest absolute Gasteiger partial charge is 0.457 e. The second-order valence-electron chi connectivity index (χ2n) is 9.12. The average Bonchev–Trinajstić information content (AvgIpc) is 3.54. The van der Waals surface area contributed by atoms with Crippen molar-refractivity contribution in [1.29, 1.82) is 0 Å². The Bertz CT molecular complexity index is 1700. The Balaban J connectivity index is 1.21. The summed E-state index contributed by atoms with van der Waals surface area (Å²) in [6, 6.07) is 22.2. The number of nitrogens with one attached hydrogen (secondary N) is 2. The lowest BCUT2D eigenvalue weighted by atomic mass is 10.0. The number of thiocarbonyl (C=S) groups is 1. The van der Waals surface area contributed by atoms with Crippen molar-refractivity contribution >= 4 is 69.3 Å². The molecule has 9 heteroatoms. The summed E-state index contributed by atoms with van der Waals surface area (Å²) >= 11 is 17.5. The van der Waals surface area contributed by atoms with Gasteiger partial charge in [0.2, 0.25) is 11.8 Å². The quantitative estimate of drug-likeness (QED) is 0.156. The molecule has 0 bridgehead atoms. The van der Waals surface area contributed by atoms with E-state index in [1.54, 1.807) is 36.4 Å². The summed E-state index contributed by atoms with van der Waals surface area (Å²) in [5.41, 5.74) is 4.94. The van der Waals surface area contributed by atoms with Gasteiger partial charge >= 0.3 is 0 Å². The van der Waals surface area contributed by atoms with Crippen LogP contribution in [0.1, 0.15) is 31.1 Å². The number of nitrogens with zero attached hydrogens (tertiary/aromatic N) is 1. The van der Waals surface area contributed by atoms with Crippen LogP contribution >= 0.6 is 35.4 Å². The number of aromatic nitrogens is 1. The molecule has 196 valence electrons.